The van der Waals surface area contributed by atoms with Crippen molar-refractivity contribution >= 4 is 35.7 Å². The van der Waals surface area contributed by atoms with Crippen molar-refractivity contribution in [3.05, 3.63) is 84.6 Å². The van der Waals surface area contributed by atoms with Crippen molar-refractivity contribution in [1.29, 1.82) is 0 Å². The smallest absolute Gasteiger partial charge is 0.432 e. The van der Waals surface area contributed by atoms with Gasteiger partial charge in [0.15, 0.2) is 0 Å². The van der Waals surface area contributed by atoms with Crippen LogP contribution in [0.1, 0.15) is 45.2 Å². The minimum atomic E-state index is -2.80. The minimum absolute atomic E-state index is 0.184. The third-order valence-electron chi connectivity index (χ3n) is 6.51. The Morgan fingerprint density at radius 1 is 0.970 bits per heavy atom. The number of carboxylic acid groups (broad SMARTS) is 1. The number of rotatable bonds is 5. The third kappa shape index (κ3) is 3.64. The maximum Gasteiger partial charge on any atom is 0.432 e. The summed E-state index contributed by atoms with van der Waals surface area (Å²) < 4.78 is 8.17. The van der Waals surface area contributed by atoms with Crippen LogP contribution in [0.25, 0.3) is 10.9 Å². The molecule has 0 bridgehead atoms. The first-order valence-electron chi connectivity index (χ1n) is 11.4. The number of fused-ring (bicyclic) bond motifs is 1. The zero-order valence-corrected chi connectivity index (χ0v) is 20.2. The Morgan fingerprint density at radius 3 is 2.03 bits per heavy atom. The van der Waals surface area contributed by atoms with E-state index in [9.17, 15) is 9.90 Å². The Labute approximate surface area is 194 Å². The summed E-state index contributed by atoms with van der Waals surface area (Å²) in [5.74, 6) is 1.03. The molecule has 4 aromatic rings. The lowest BCUT2D eigenvalue weighted by Crippen LogP contribution is -2.68. The van der Waals surface area contributed by atoms with Crippen LogP contribution in [0.3, 0.4) is 0 Å². The summed E-state index contributed by atoms with van der Waals surface area (Å²) in [7, 11) is -2.80. The Morgan fingerprint density at radius 2 is 1.55 bits per heavy atom. The lowest BCUT2D eigenvalue weighted by Gasteiger charge is -2.43. The van der Waals surface area contributed by atoms with Crippen molar-refractivity contribution < 1.29 is 14.3 Å². The lowest BCUT2D eigenvalue weighted by atomic mass is 10.1. The molecule has 0 radical (unpaired) electrons. The van der Waals surface area contributed by atoms with Gasteiger partial charge in [-0.2, -0.15) is 9.78 Å². The molecule has 0 amide bonds. The van der Waals surface area contributed by atoms with Gasteiger partial charge in [-0.25, -0.2) is 4.79 Å². The molecule has 1 aliphatic rings. The highest BCUT2D eigenvalue weighted by Crippen LogP contribution is 2.43. The van der Waals surface area contributed by atoms with E-state index in [1.54, 1.807) is 0 Å². The van der Waals surface area contributed by atoms with E-state index in [2.05, 4.69) is 74.4 Å². The highest BCUT2D eigenvalue weighted by Gasteiger charge is 2.52. The minimum Gasteiger partial charge on any atom is -0.534 e. The lowest BCUT2D eigenvalue weighted by molar-refractivity contribution is 0.194. The fourth-order valence-corrected chi connectivity index (χ4v) is 9.22. The van der Waals surface area contributed by atoms with Crippen molar-refractivity contribution in [1.82, 2.24) is 9.78 Å². The molecule has 1 aromatic heterocycles. The molecule has 3 aromatic carbocycles. The van der Waals surface area contributed by atoms with Crippen molar-refractivity contribution in [2.75, 3.05) is 0 Å². The van der Waals surface area contributed by atoms with E-state index in [0.29, 0.717) is 17.2 Å². The van der Waals surface area contributed by atoms with Gasteiger partial charge in [-0.15, -0.1) is 0 Å². The molecule has 33 heavy (non-hydrogen) atoms. The van der Waals surface area contributed by atoms with E-state index in [0.717, 1.165) is 28.6 Å². The molecule has 5 rings (SSSR count). The predicted molar refractivity (Wildman–Crippen MR) is 133 cm³/mol. The second kappa shape index (κ2) is 7.88. The summed E-state index contributed by atoms with van der Waals surface area (Å²) in [6.07, 6.45) is 1.05. The normalized spacial score (nSPS) is 14.4. The summed E-state index contributed by atoms with van der Waals surface area (Å²) in [5, 5.41) is 17.3. The molecule has 0 atom stereocenters. The van der Waals surface area contributed by atoms with Crippen LogP contribution in [-0.2, 0) is 0 Å². The first-order valence-corrected chi connectivity index (χ1v) is 13.3. The largest absolute Gasteiger partial charge is 0.534 e. The van der Waals surface area contributed by atoms with Gasteiger partial charge in [0.1, 0.15) is 5.75 Å². The zero-order valence-electron chi connectivity index (χ0n) is 19.2. The van der Waals surface area contributed by atoms with E-state index in [-0.39, 0.29) is 5.04 Å². The highest BCUT2D eigenvalue weighted by molar-refractivity contribution is 7.00. The Hall–Kier alpha value is -3.38. The van der Waals surface area contributed by atoms with Gasteiger partial charge in [0.05, 0.1) is 11.2 Å². The molecule has 0 unspecified atom stereocenters. The molecule has 1 saturated carbocycles. The summed E-state index contributed by atoms with van der Waals surface area (Å²) in [4.78, 5) is 11.9. The topological polar surface area (TPSA) is 64.4 Å². The monoisotopic (exact) mass is 456 g/mol. The van der Waals surface area contributed by atoms with Gasteiger partial charge in [0.25, 0.3) is 0 Å². The van der Waals surface area contributed by atoms with Crippen LogP contribution in [0.15, 0.2) is 78.9 Å². The second-order valence-corrected chi connectivity index (χ2v) is 14.0. The van der Waals surface area contributed by atoms with E-state index in [1.807, 2.05) is 30.3 Å². The SMILES string of the molecule is CC(C)(C)[Si](Oc1ccc2c(C3CC3)nn(C(=O)O)c2c1)(c1ccccc1)c1ccccc1. The number of hydrogen-bond donors (Lipinski definition) is 1. The zero-order chi connectivity index (χ0) is 23.2. The van der Waals surface area contributed by atoms with E-state index < -0.39 is 14.4 Å². The summed E-state index contributed by atoms with van der Waals surface area (Å²) >= 11 is 0. The Kier molecular flexibility index (Phi) is 5.13. The molecule has 5 nitrogen and oxygen atoms in total. The van der Waals surface area contributed by atoms with E-state index in [1.165, 1.54) is 10.4 Å². The predicted octanol–water partition coefficient (Wildman–Crippen LogP) is 5.38. The first kappa shape index (κ1) is 21.5. The van der Waals surface area contributed by atoms with Crippen molar-refractivity contribution in [3.63, 3.8) is 0 Å². The molecule has 1 fully saturated rings. The molecule has 1 aliphatic carbocycles. The average Bonchev–Trinajstić information content (AvgIpc) is 3.58. The standard InChI is InChI=1S/C27H28N2O3Si/c1-27(2,3)33(21-10-6-4-7-11-21,22-12-8-5-9-13-22)32-20-16-17-23-24(18-20)29(26(30)31)28-25(23)19-14-15-19/h4-13,16-19H,14-15H2,1-3H3,(H,30,31). The van der Waals surface area contributed by atoms with Gasteiger partial charge < -0.3 is 9.53 Å². The second-order valence-electron chi connectivity index (χ2n) is 9.80. The van der Waals surface area contributed by atoms with Crippen LogP contribution in [0.4, 0.5) is 4.79 Å². The van der Waals surface area contributed by atoms with E-state index >= 15 is 0 Å². The molecular weight excluding hydrogens is 428 g/mol. The van der Waals surface area contributed by atoms with Gasteiger partial charge in [0, 0.05) is 17.4 Å². The molecule has 168 valence electrons. The molecule has 1 N–H and O–H groups in total. The van der Waals surface area contributed by atoms with Crippen LogP contribution < -0.4 is 14.8 Å². The number of aromatic nitrogens is 2. The van der Waals surface area contributed by atoms with Crippen molar-refractivity contribution in [2.24, 2.45) is 0 Å². The van der Waals surface area contributed by atoms with Crippen LogP contribution in [0.5, 0.6) is 5.75 Å². The van der Waals surface area contributed by atoms with Crippen LogP contribution in [0.2, 0.25) is 5.04 Å². The van der Waals surface area contributed by atoms with E-state index in [4.69, 9.17) is 4.43 Å². The fraction of sp³-hybridized carbons (Fsp3) is 0.259. The van der Waals surface area contributed by atoms with Crippen molar-refractivity contribution in [3.8, 4) is 5.75 Å². The quantitative estimate of drug-likeness (QED) is 0.410. The third-order valence-corrected chi connectivity index (χ3v) is 11.5. The highest BCUT2D eigenvalue weighted by atomic mass is 28.4. The maximum absolute atomic E-state index is 11.9. The Bertz CT molecular complexity index is 1270. The number of carbonyl (C=O) groups is 1. The molecule has 0 spiro atoms. The summed E-state index contributed by atoms with van der Waals surface area (Å²) in [6.45, 7) is 6.68. The van der Waals surface area contributed by atoms with Gasteiger partial charge in [0.2, 0.25) is 0 Å². The number of benzene rings is 3. The van der Waals surface area contributed by atoms with Gasteiger partial charge >= 0.3 is 14.4 Å². The molecular formula is C27H28N2O3Si. The van der Waals surface area contributed by atoms with Crippen LogP contribution >= 0.6 is 0 Å². The van der Waals surface area contributed by atoms with Gasteiger partial charge in [-0.1, -0.05) is 81.4 Å². The molecule has 6 heteroatoms. The summed E-state index contributed by atoms with van der Waals surface area (Å²) in [5.41, 5.74) is 1.46. The van der Waals surface area contributed by atoms with Crippen molar-refractivity contribution in [2.45, 2.75) is 44.6 Å². The fourth-order valence-electron chi connectivity index (χ4n) is 4.81. The number of hydrogen-bond acceptors (Lipinski definition) is 3. The molecule has 0 saturated heterocycles. The van der Waals surface area contributed by atoms with Gasteiger partial charge in [-0.05, 0) is 40.4 Å². The first-order chi connectivity index (χ1) is 15.8. The average molecular weight is 457 g/mol. The molecule has 1 heterocycles. The maximum atomic E-state index is 11.9. The Balaban J connectivity index is 1.70. The molecule has 0 aliphatic heterocycles. The van der Waals surface area contributed by atoms with Crippen LogP contribution in [0, 0.1) is 0 Å². The summed E-state index contributed by atoms with van der Waals surface area (Å²) in [6, 6.07) is 26.7. The number of nitrogens with zero attached hydrogens (tertiary/aromatic N) is 2. The van der Waals surface area contributed by atoms with Crippen LogP contribution in [-0.4, -0.2) is 29.3 Å². The van der Waals surface area contributed by atoms with Gasteiger partial charge in [-0.3, -0.25) is 0 Å².